The molecule has 1 aliphatic heterocycles. The van der Waals surface area contributed by atoms with Gasteiger partial charge in [0, 0.05) is 18.7 Å². The molecule has 1 fully saturated rings. The molecule has 3 rings (SSSR count). The largest absolute Gasteiger partial charge is 0.341 e. The van der Waals surface area contributed by atoms with Crippen molar-refractivity contribution in [3.05, 3.63) is 71.5 Å². The van der Waals surface area contributed by atoms with Crippen molar-refractivity contribution in [2.75, 3.05) is 13.1 Å². The summed E-state index contributed by atoms with van der Waals surface area (Å²) in [7, 11) is 0. The summed E-state index contributed by atoms with van der Waals surface area (Å²) < 4.78 is 13.1. The van der Waals surface area contributed by atoms with Gasteiger partial charge in [0.25, 0.3) is 5.91 Å². The molecule has 2 aromatic rings. The molecule has 1 unspecified atom stereocenters. The van der Waals surface area contributed by atoms with Gasteiger partial charge in [0.05, 0.1) is 0 Å². The fourth-order valence-corrected chi connectivity index (χ4v) is 3.84. The fourth-order valence-electron chi connectivity index (χ4n) is 3.84. The van der Waals surface area contributed by atoms with Crippen molar-refractivity contribution >= 4 is 11.8 Å². The topological polar surface area (TPSA) is 49.4 Å². The third-order valence-electron chi connectivity index (χ3n) is 5.62. The number of nitrogens with one attached hydrogen (secondary N) is 1. The third-order valence-corrected chi connectivity index (χ3v) is 5.62. The molecule has 5 heteroatoms. The van der Waals surface area contributed by atoms with Crippen molar-refractivity contribution < 1.29 is 14.0 Å². The summed E-state index contributed by atoms with van der Waals surface area (Å²) in [5, 5.41) is 2.85. The van der Waals surface area contributed by atoms with Crippen LogP contribution in [0.3, 0.4) is 0 Å². The number of carbonyl (C=O) groups excluding carboxylic acids is 2. The molecule has 0 saturated carbocycles. The van der Waals surface area contributed by atoms with Crippen LogP contribution in [-0.4, -0.2) is 35.8 Å². The van der Waals surface area contributed by atoms with E-state index < -0.39 is 11.9 Å². The zero-order chi connectivity index (χ0) is 20.8. The lowest BCUT2D eigenvalue weighted by atomic mass is 9.89. The Morgan fingerprint density at radius 3 is 2.24 bits per heavy atom. The highest BCUT2D eigenvalue weighted by atomic mass is 19.1. The molecule has 0 spiro atoms. The zero-order valence-electron chi connectivity index (χ0n) is 17.1. The molecule has 1 N–H and O–H groups in total. The second-order valence-corrected chi connectivity index (χ2v) is 8.16. The van der Waals surface area contributed by atoms with Gasteiger partial charge < -0.3 is 10.2 Å². The molecule has 4 nitrogen and oxygen atoms in total. The summed E-state index contributed by atoms with van der Waals surface area (Å²) in [5.41, 5.74) is 1.69. The minimum Gasteiger partial charge on any atom is -0.341 e. The number of halogens is 1. The number of benzene rings is 2. The van der Waals surface area contributed by atoms with Crippen LogP contribution in [0.4, 0.5) is 4.39 Å². The zero-order valence-corrected chi connectivity index (χ0v) is 17.1. The van der Waals surface area contributed by atoms with Gasteiger partial charge in [-0.05, 0) is 60.9 Å². The first-order valence-electron chi connectivity index (χ1n) is 10.3. The van der Waals surface area contributed by atoms with Crippen molar-refractivity contribution in [2.24, 2.45) is 11.8 Å². The number of carbonyl (C=O) groups is 2. The molecule has 0 aliphatic carbocycles. The quantitative estimate of drug-likeness (QED) is 0.800. The number of piperidine rings is 1. The minimum absolute atomic E-state index is 0.0334. The summed E-state index contributed by atoms with van der Waals surface area (Å²) >= 11 is 0. The smallest absolute Gasteiger partial charge is 0.251 e. The summed E-state index contributed by atoms with van der Waals surface area (Å²) in [4.78, 5) is 27.5. The van der Waals surface area contributed by atoms with Gasteiger partial charge in [0.2, 0.25) is 5.91 Å². The number of likely N-dealkylation sites (tertiary alicyclic amines) is 1. The Morgan fingerprint density at radius 1 is 1.03 bits per heavy atom. The van der Waals surface area contributed by atoms with Crippen molar-refractivity contribution in [1.29, 1.82) is 0 Å². The second kappa shape index (κ2) is 9.68. The van der Waals surface area contributed by atoms with E-state index in [2.05, 4.69) is 29.6 Å². The second-order valence-electron chi connectivity index (χ2n) is 8.16. The molecule has 1 atom stereocenters. The van der Waals surface area contributed by atoms with Crippen LogP contribution in [0, 0.1) is 17.7 Å². The Balaban J connectivity index is 1.57. The van der Waals surface area contributed by atoms with E-state index in [9.17, 15) is 14.0 Å². The number of amides is 2. The molecular weight excluding hydrogens is 367 g/mol. The Labute approximate surface area is 172 Å². The SMILES string of the molecule is CC(C)C(NC(=O)c1ccc(F)cc1)C(=O)N1CCC(Cc2ccccc2)CC1. The molecule has 2 amide bonds. The van der Waals surface area contributed by atoms with Crippen LogP contribution < -0.4 is 5.32 Å². The standard InChI is InChI=1S/C24H29FN2O2/c1-17(2)22(26-23(28)20-8-10-21(25)11-9-20)24(29)27-14-12-19(13-15-27)16-18-6-4-3-5-7-18/h3-11,17,19,22H,12-16H2,1-2H3,(H,26,28). The molecule has 1 aliphatic rings. The lowest BCUT2D eigenvalue weighted by molar-refractivity contribution is -0.135. The monoisotopic (exact) mass is 396 g/mol. The molecule has 0 radical (unpaired) electrons. The van der Waals surface area contributed by atoms with E-state index in [1.54, 1.807) is 0 Å². The first-order valence-corrected chi connectivity index (χ1v) is 10.3. The third kappa shape index (κ3) is 5.66. The number of nitrogens with zero attached hydrogens (tertiary/aromatic N) is 1. The van der Waals surface area contributed by atoms with Crippen LogP contribution in [0.15, 0.2) is 54.6 Å². The fraction of sp³-hybridized carbons (Fsp3) is 0.417. The van der Waals surface area contributed by atoms with Crippen molar-refractivity contribution in [3.63, 3.8) is 0 Å². The van der Waals surface area contributed by atoms with Gasteiger partial charge in [-0.2, -0.15) is 0 Å². The maximum absolute atomic E-state index is 13.1. The molecule has 154 valence electrons. The Kier molecular flexibility index (Phi) is 7.02. The highest BCUT2D eigenvalue weighted by molar-refractivity contribution is 5.97. The van der Waals surface area contributed by atoms with E-state index >= 15 is 0 Å². The van der Waals surface area contributed by atoms with E-state index in [1.807, 2.05) is 24.8 Å². The number of hydrogen-bond acceptors (Lipinski definition) is 2. The van der Waals surface area contributed by atoms with Crippen molar-refractivity contribution in [1.82, 2.24) is 10.2 Å². The van der Waals surface area contributed by atoms with Gasteiger partial charge in [-0.3, -0.25) is 9.59 Å². The predicted octanol–water partition coefficient (Wildman–Crippen LogP) is 4.06. The van der Waals surface area contributed by atoms with Crippen LogP contribution in [0.2, 0.25) is 0 Å². The van der Waals surface area contributed by atoms with Crippen LogP contribution in [0.1, 0.15) is 42.6 Å². The van der Waals surface area contributed by atoms with Crippen LogP contribution >= 0.6 is 0 Å². The molecule has 0 aromatic heterocycles. The summed E-state index contributed by atoms with van der Waals surface area (Å²) in [6.07, 6.45) is 2.98. The molecule has 0 bridgehead atoms. The molecule has 1 saturated heterocycles. The van der Waals surface area contributed by atoms with E-state index in [4.69, 9.17) is 0 Å². The molecule has 29 heavy (non-hydrogen) atoms. The summed E-state index contributed by atoms with van der Waals surface area (Å²) in [6.45, 7) is 5.28. The summed E-state index contributed by atoms with van der Waals surface area (Å²) in [5.74, 6) is -0.234. The normalized spacial score (nSPS) is 15.9. The Bertz CT molecular complexity index is 813. The van der Waals surface area contributed by atoms with Gasteiger partial charge in [0.15, 0.2) is 0 Å². The maximum Gasteiger partial charge on any atom is 0.251 e. The maximum atomic E-state index is 13.1. The lowest BCUT2D eigenvalue weighted by Gasteiger charge is -2.35. The highest BCUT2D eigenvalue weighted by Gasteiger charge is 2.31. The van der Waals surface area contributed by atoms with Crippen molar-refractivity contribution in [3.8, 4) is 0 Å². The molecule has 2 aromatic carbocycles. The number of rotatable bonds is 6. The van der Waals surface area contributed by atoms with Crippen LogP contribution in [-0.2, 0) is 11.2 Å². The molecule has 1 heterocycles. The van der Waals surface area contributed by atoms with Gasteiger partial charge in [-0.1, -0.05) is 44.2 Å². The van der Waals surface area contributed by atoms with E-state index in [0.29, 0.717) is 24.6 Å². The van der Waals surface area contributed by atoms with Gasteiger partial charge in [0.1, 0.15) is 11.9 Å². The predicted molar refractivity (Wildman–Crippen MR) is 112 cm³/mol. The van der Waals surface area contributed by atoms with Crippen LogP contribution in [0.5, 0.6) is 0 Å². The lowest BCUT2D eigenvalue weighted by Crippen LogP contribution is -2.53. The average molecular weight is 397 g/mol. The van der Waals surface area contributed by atoms with E-state index in [-0.39, 0.29) is 17.7 Å². The summed E-state index contributed by atoms with van der Waals surface area (Å²) in [6, 6.07) is 15.2. The van der Waals surface area contributed by atoms with Crippen molar-refractivity contribution in [2.45, 2.75) is 39.2 Å². The van der Waals surface area contributed by atoms with Gasteiger partial charge in [-0.25, -0.2) is 4.39 Å². The first-order chi connectivity index (χ1) is 13.9. The first kappa shape index (κ1) is 21.0. The van der Waals surface area contributed by atoms with Gasteiger partial charge in [-0.15, -0.1) is 0 Å². The minimum atomic E-state index is -0.585. The highest BCUT2D eigenvalue weighted by Crippen LogP contribution is 2.23. The van der Waals surface area contributed by atoms with E-state index in [0.717, 1.165) is 19.3 Å². The Hall–Kier alpha value is -2.69. The van der Waals surface area contributed by atoms with Crippen LogP contribution in [0.25, 0.3) is 0 Å². The average Bonchev–Trinajstić information content (AvgIpc) is 2.73. The van der Waals surface area contributed by atoms with E-state index in [1.165, 1.54) is 29.8 Å². The molecular formula is C24H29FN2O2. The number of hydrogen-bond donors (Lipinski definition) is 1. The van der Waals surface area contributed by atoms with Gasteiger partial charge >= 0.3 is 0 Å². The Morgan fingerprint density at radius 2 is 1.66 bits per heavy atom.